The van der Waals surface area contributed by atoms with Crippen LogP contribution in [0.25, 0.3) is 0 Å². The largest absolute Gasteiger partial charge is 0.478 e. The van der Waals surface area contributed by atoms with Crippen LogP contribution in [0.3, 0.4) is 0 Å². The summed E-state index contributed by atoms with van der Waals surface area (Å²) in [6.07, 6.45) is 5.04. The van der Waals surface area contributed by atoms with Crippen molar-refractivity contribution in [3.8, 4) is 0 Å². The number of carboxylic acid groups (broad SMARTS) is 2. The van der Waals surface area contributed by atoms with E-state index in [2.05, 4.69) is 4.74 Å². The van der Waals surface area contributed by atoms with E-state index in [9.17, 15) is 9.59 Å². The first kappa shape index (κ1) is 30.0. The zero-order chi connectivity index (χ0) is 21.5. The molecule has 27 heavy (non-hydrogen) atoms. The van der Waals surface area contributed by atoms with Crippen molar-refractivity contribution in [2.24, 2.45) is 0 Å². The molecule has 9 nitrogen and oxygen atoms in total. The molecule has 0 bridgehead atoms. The summed E-state index contributed by atoms with van der Waals surface area (Å²) in [5.41, 5.74) is 0.739. The van der Waals surface area contributed by atoms with Crippen molar-refractivity contribution in [3.63, 3.8) is 0 Å². The molecule has 0 atom stereocenters. The van der Waals surface area contributed by atoms with Gasteiger partial charge in [-0.3, -0.25) is 0 Å². The molecule has 0 radical (unpaired) electrons. The predicted molar refractivity (Wildman–Crippen MR) is 100 cm³/mol. The molecule has 160 valence electrons. The Morgan fingerprint density at radius 2 is 1.04 bits per heavy atom. The Hall–Kier alpha value is -1.78. The van der Waals surface area contributed by atoms with Crippen molar-refractivity contribution in [2.45, 2.75) is 39.5 Å². The van der Waals surface area contributed by atoms with Crippen LogP contribution >= 0.6 is 0 Å². The summed E-state index contributed by atoms with van der Waals surface area (Å²) in [5, 5.41) is 49.8. The van der Waals surface area contributed by atoms with Gasteiger partial charge < -0.3 is 35.4 Å². The van der Waals surface area contributed by atoms with E-state index in [1.54, 1.807) is 26.0 Å². The van der Waals surface area contributed by atoms with Crippen molar-refractivity contribution in [3.05, 3.63) is 23.3 Å². The third-order valence-corrected chi connectivity index (χ3v) is 2.93. The molecule has 0 amide bonds. The number of carboxylic acids is 2. The molecular formula is C18H34O9. The maximum absolute atomic E-state index is 10.3. The smallest absolute Gasteiger partial charge is 0.331 e. The molecule has 0 rings (SSSR count). The average molecular weight is 394 g/mol. The predicted octanol–water partition coefficient (Wildman–Crippen LogP) is 0.567. The maximum Gasteiger partial charge on any atom is 0.331 e. The van der Waals surface area contributed by atoms with Crippen LogP contribution in [0.2, 0.25) is 0 Å². The van der Waals surface area contributed by atoms with Gasteiger partial charge in [-0.25, -0.2) is 9.59 Å². The molecule has 0 aliphatic heterocycles. The minimum Gasteiger partial charge on any atom is -0.478 e. The van der Waals surface area contributed by atoms with Gasteiger partial charge in [0.1, 0.15) is 0 Å². The van der Waals surface area contributed by atoms with Crippen molar-refractivity contribution < 1.29 is 45.0 Å². The summed E-state index contributed by atoms with van der Waals surface area (Å²) in [6, 6.07) is 0. The van der Waals surface area contributed by atoms with Gasteiger partial charge in [-0.05, 0) is 39.5 Å². The number of aliphatic hydroxyl groups is 4. The fourth-order valence-electron chi connectivity index (χ4n) is 1.52. The van der Waals surface area contributed by atoms with Crippen LogP contribution in [0.1, 0.15) is 39.5 Å². The minimum atomic E-state index is -0.893. The fraction of sp³-hybridized carbons (Fsp3) is 0.667. The van der Waals surface area contributed by atoms with E-state index in [4.69, 9.17) is 30.6 Å². The first-order chi connectivity index (χ1) is 12.9. The number of aliphatic carboxylic acids is 2. The molecule has 0 heterocycles. The zero-order valence-electron chi connectivity index (χ0n) is 16.1. The molecule has 6 N–H and O–H groups in total. The van der Waals surface area contributed by atoms with E-state index in [1.165, 1.54) is 0 Å². The van der Waals surface area contributed by atoms with Crippen molar-refractivity contribution in [2.75, 3.05) is 39.6 Å². The van der Waals surface area contributed by atoms with Gasteiger partial charge in [0.2, 0.25) is 0 Å². The van der Waals surface area contributed by atoms with E-state index < -0.39 is 11.9 Å². The average Bonchev–Trinajstić information content (AvgIpc) is 2.64. The van der Waals surface area contributed by atoms with E-state index in [-0.39, 0.29) is 26.4 Å². The summed E-state index contributed by atoms with van der Waals surface area (Å²) in [5.74, 6) is -1.79. The quantitative estimate of drug-likeness (QED) is 0.205. The van der Waals surface area contributed by atoms with Crippen LogP contribution in [0, 0.1) is 0 Å². The molecule has 0 spiro atoms. The SMILES string of the molecule is CC=C(CCCO)C(=O)O.CC=C(CCCO)C(=O)O.OCCOCCO. The summed E-state index contributed by atoms with van der Waals surface area (Å²) in [6.45, 7) is 4.15. The zero-order valence-corrected chi connectivity index (χ0v) is 16.1. The molecule has 0 unspecified atom stereocenters. The molecule has 0 aliphatic carbocycles. The molecule has 0 aromatic carbocycles. The third-order valence-electron chi connectivity index (χ3n) is 2.93. The standard InChI is InChI=1S/2C7H12O3.C4H10O3/c2*1-2-6(7(9)10)4-3-5-8;5-1-3-7-4-2-6/h2*2,8H,3-5H2,1H3,(H,9,10);5-6H,1-4H2. The lowest BCUT2D eigenvalue weighted by atomic mass is 10.1. The molecule has 0 saturated carbocycles. The summed E-state index contributed by atoms with van der Waals surface area (Å²) < 4.78 is 4.63. The van der Waals surface area contributed by atoms with Crippen LogP contribution in [0.15, 0.2) is 23.3 Å². The number of allylic oxidation sites excluding steroid dienone is 2. The Balaban J connectivity index is -0.000000326. The van der Waals surface area contributed by atoms with Crippen LogP contribution < -0.4 is 0 Å². The molecule has 0 fully saturated rings. The Kier molecular flexibility index (Phi) is 26.9. The summed E-state index contributed by atoms with van der Waals surface area (Å²) >= 11 is 0. The van der Waals surface area contributed by atoms with Gasteiger partial charge in [-0.15, -0.1) is 0 Å². The Bertz CT molecular complexity index is 379. The van der Waals surface area contributed by atoms with E-state index in [1.807, 2.05) is 0 Å². The highest BCUT2D eigenvalue weighted by Crippen LogP contribution is 2.04. The summed E-state index contributed by atoms with van der Waals surface area (Å²) in [4.78, 5) is 20.6. The van der Waals surface area contributed by atoms with Gasteiger partial charge >= 0.3 is 11.9 Å². The van der Waals surface area contributed by atoms with Gasteiger partial charge in [-0.1, -0.05) is 12.2 Å². The molecule has 0 saturated heterocycles. The Labute approximate surface area is 160 Å². The highest BCUT2D eigenvalue weighted by atomic mass is 16.5. The number of hydrogen-bond acceptors (Lipinski definition) is 7. The number of rotatable bonds is 12. The second-order valence-electron chi connectivity index (χ2n) is 4.95. The van der Waals surface area contributed by atoms with Crippen LogP contribution in [0.4, 0.5) is 0 Å². The number of hydrogen-bond donors (Lipinski definition) is 6. The minimum absolute atomic E-state index is 0.0278. The van der Waals surface area contributed by atoms with E-state index in [0.29, 0.717) is 50.0 Å². The van der Waals surface area contributed by atoms with Crippen LogP contribution in [-0.4, -0.2) is 82.2 Å². The van der Waals surface area contributed by atoms with Gasteiger partial charge in [0.05, 0.1) is 26.4 Å². The van der Waals surface area contributed by atoms with E-state index >= 15 is 0 Å². The van der Waals surface area contributed by atoms with E-state index in [0.717, 1.165) is 0 Å². The molecular weight excluding hydrogens is 360 g/mol. The second kappa shape index (κ2) is 24.2. The molecule has 0 aromatic rings. The van der Waals surface area contributed by atoms with Crippen LogP contribution in [0.5, 0.6) is 0 Å². The van der Waals surface area contributed by atoms with Gasteiger partial charge in [0.15, 0.2) is 0 Å². The van der Waals surface area contributed by atoms with Crippen molar-refractivity contribution in [1.29, 1.82) is 0 Å². The number of carbonyl (C=O) groups is 2. The monoisotopic (exact) mass is 394 g/mol. The van der Waals surface area contributed by atoms with Crippen molar-refractivity contribution in [1.82, 2.24) is 0 Å². The second-order valence-corrected chi connectivity index (χ2v) is 4.95. The topological polar surface area (TPSA) is 165 Å². The van der Waals surface area contributed by atoms with Gasteiger partial charge in [-0.2, -0.15) is 0 Å². The lowest BCUT2D eigenvalue weighted by Crippen LogP contribution is -2.03. The number of ether oxygens (including phenoxy) is 1. The first-order valence-corrected chi connectivity index (χ1v) is 8.64. The lowest BCUT2D eigenvalue weighted by molar-refractivity contribution is -0.133. The normalized spacial score (nSPS) is 11.0. The maximum atomic E-state index is 10.3. The molecule has 0 aliphatic rings. The summed E-state index contributed by atoms with van der Waals surface area (Å²) in [7, 11) is 0. The van der Waals surface area contributed by atoms with Crippen molar-refractivity contribution >= 4 is 11.9 Å². The highest BCUT2D eigenvalue weighted by molar-refractivity contribution is 5.86. The fourth-order valence-corrected chi connectivity index (χ4v) is 1.52. The van der Waals surface area contributed by atoms with Crippen LogP contribution in [-0.2, 0) is 14.3 Å². The first-order valence-electron chi connectivity index (χ1n) is 8.64. The lowest BCUT2D eigenvalue weighted by Gasteiger charge is -1.97. The third kappa shape index (κ3) is 24.2. The Morgan fingerprint density at radius 1 is 0.704 bits per heavy atom. The van der Waals surface area contributed by atoms with Gasteiger partial charge in [0.25, 0.3) is 0 Å². The number of aliphatic hydroxyl groups excluding tert-OH is 4. The molecule has 0 aromatic heterocycles. The van der Waals surface area contributed by atoms with Gasteiger partial charge in [0, 0.05) is 24.4 Å². The molecule has 9 heteroatoms. The highest BCUT2D eigenvalue weighted by Gasteiger charge is 2.04. The Morgan fingerprint density at radius 3 is 1.22 bits per heavy atom.